The Morgan fingerprint density at radius 3 is 2.32 bits per heavy atom. The molecular weight excluding hydrogens is 380 g/mol. The number of amides is 2. The van der Waals surface area contributed by atoms with Crippen molar-refractivity contribution >= 4 is 28.2 Å². The lowest BCUT2D eigenvalue weighted by Crippen LogP contribution is -2.19. The number of rotatable bonds is 6. The van der Waals surface area contributed by atoms with Gasteiger partial charge >= 0.3 is 0 Å². The van der Waals surface area contributed by atoms with Crippen molar-refractivity contribution in [1.29, 1.82) is 0 Å². The Morgan fingerprint density at radius 2 is 1.79 bits per heavy atom. The molecule has 0 bridgehead atoms. The van der Waals surface area contributed by atoms with E-state index < -0.39 is 5.91 Å². The summed E-state index contributed by atoms with van der Waals surface area (Å²) >= 11 is 1.42. The first kappa shape index (κ1) is 20.0. The molecular formula is C20H24N2O5S. The highest BCUT2D eigenvalue weighted by Gasteiger charge is 2.28. The average molecular weight is 404 g/mol. The number of benzene rings is 1. The summed E-state index contributed by atoms with van der Waals surface area (Å²) in [5.74, 6) is 0.800. The zero-order valence-electron chi connectivity index (χ0n) is 16.4. The van der Waals surface area contributed by atoms with Crippen LogP contribution in [0.25, 0.3) is 0 Å². The van der Waals surface area contributed by atoms with Gasteiger partial charge in [-0.2, -0.15) is 0 Å². The van der Waals surface area contributed by atoms with Crippen molar-refractivity contribution in [2.45, 2.75) is 26.2 Å². The van der Waals surface area contributed by atoms with Crippen LogP contribution in [0.4, 0.5) is 5.00 Å². The number of thiophene rings is 1. The van der Waals surface area contributed by atoms with Gasteiger partial charge in [-0.1, -0.05) is 6.92 Å². The number of primary amides is 1. The van der Waals surface area contributed by atoms with Crippen molar-refractivity contribution < 1.29 is 23.8 Å². The number of carbonyl (C=O) groups is 2. The summed E-state index contributed by atoms with van der Waals surface area (Å²) in [6.07, 6.45) is 2.69. The topological polar surface area (TPSA) is 99.9 Å². The third-order valence-electron chi connectivity index (χ3n) is 4.91. The third kappa shape index (κ3) is 3.64. The lowest BCUT2D eigenvalue weighted by molar-refractivity contribution is 0.1000. The van der Waals surface area contributed by atoms with Gasteiger partial charge in [0, 0.05) is 10.4 Å². The van der Waals surface area contributed by atoms with E-state index in [1.54, 1.807) is 12.1 Å². The molecule has 1 aliphatic rings. The summed E-state index contributed by atoms with van der Waals surface area (Å²) in [4.78, 5) is 26.1. The lowest BCUT2D eigenvalue weighted by atomic mass is 9.88. The van der Waals surface area contributed by atoms with E-state index in [4.69, 9.17) is 19.9 Å². The van der Waals surface area contributed by atoms with Gasteiger partial charge in [0.05, 0.1) is 26.9 Å². The van der Waals surface area contributed by atoms with Crippen molar-refractivity contribution in [2.75, 3.05) is 26.6 Å². The number of hydrogen-bond donors (Lipinski definition) is 2. The summed E-state index contributed by atoms with van der Waals surface area (Å²) in [7, 11) is 4.47. The molecule has 0 saturated heterocycles. The number of carbonyl (C=O) groups excluding carboxylic acids is 2. The van der Waals surface area contributed by atoms with Crippen LogP contribution in [0.1, 0.15) is 44.5 Å². The van der Waals surface area contributed by atoms with Crippen LogP contribution in [0.2, 0.25) is 0 Å². The average Bonchev–Trinajstić information content (AvgIpc) is 3.03. The van der Waals surface area contributed by atoms with E-state index in [9.17, 15) is 9.59 Å². The number of hydrogen-bond acceptors (Lipinski definition) is 6. The van der Waals surface area contributed by atoms with Gasteiger partial charge in [-0.3, -0.25) is 9.59 Å². The molecule has 7 nitrogen and oxygen atoms in total. The molecule has 0 radical (unpaired) electrons. The predicted molar refractivity (Wildman–Crippen MR) is 108 cm³/mol. The fourth-order valence-corrected chi connectivity index (χ4v) is 4.90. The monoisotopic (exact) mass is 404 g/mol. The van der Waals surface area contributed by atoms with E-state index in [2.05, 4.69) is 12.2 Å². The molecule has 28 heavy (non-hydrogen) atoms. The molecule has 0 fully saturated rings. The van der Waals surface area contributed by atoms with Crippen LogP contribution in [0, 0.1) is 5.92 Å². The van der Waals surface area contributed by atoms with Crippen LogP contribution in [-0.2, 0) is 12.8 Å². The zero-order valence-corrected chi connectivity index (χ0v) is 17.2. The zero-order chi connectivity index (χ0) is 20.4. The molecule has 1 aromatic carbocycles. The molecule has 1 atom stereocenters. The quantitative estimate of drug-likeness (QED) is 0.770. The molecule has 8 heteroatoms. The molecule has 1 aliphatic carbocycles. The Balaban J connectivity index is 1.97. The maximum absolute atomic E-state index is 12.9. The molecule has 0 saturated carbocycles. The number of nitrogens with one attached hydrogen (secondary N) is 1. The Bertz CT molecular complexity index is 897. The predicted octanol–water partition coefficient (Wildman–Crippen LogP) is 3.25. The maximum Gasteiger partial charge on any atom is 0.256 e. The van der Waals surface area contributed by atoms with E-state index >= 15 is 0 Å². The summed E-state index contributed by atoms with van der Waals surface area (Å²) in [5.41, 5.74) is 7.34. The summed E-state index contributed by atoms with van der Waals surface area (Å²) in [5, 5.41) is 3.34. The second-order valence-corrected chi connectivity index (χ2v) is 7.89. The Hall–Kier alpha value is -2.74. The SMILES string of the molecule is COc1cc(C(=O)Nc2sc3c(c2C(N)=O)CC[C@@H](C)C3)cc(OC)c1OC. The number of anilines is 1. The van der Waals surface area contributed by atoms with Crippen molar-refractivity contribution in [3.8, 4) is 17.2 Å². The molecule has 2 aromatic rings. The Labute approximate surface area is 167 Å². The molecule has 0 aliphatic heterocycles. The normalized spacial score (nSPS) is 15.5. The van der Waals surface area contributed by atoms with Crippen LogP contribution in [0.3, 0.4) is 0 Å². The van der Waals surface area contributed by atoms with E-state index in [1.807, 2.05) is 0 Å². The van der Waals surface area contributed by atoms with Crippen molar-refractivity contribution in [1.82, 2.24) is 0 Å². The van der Waals surface area contributed by atoms with Crippen LogP contribution < -0.4 is 25.3 Å². The molecule has 1 aromatic heterocycles. The first-order chi connectivity index (χ1) is 13.4. The minimum Gasteiger partial charge on any atom is -0.493 e. The number of nitrogens with two attached hydrogens (primary N) is 1. The van der Waals surface area contributed by atoms with Gasteiger partial charge in [-0.15, -0.1) is 11.3 Å². The second kappa shape index (κ2) is 8.10. The fraction of sp³-hybridized carbons (Fsp3) is 0.400. The first-order valence-electron chi connectivity index (χ1n) is 8.95. The van der Waals surface area contributed by atoms with E-state index in [1.165, 1.54) is 32.7 Å². The molecule has 3 N–H and O–H groups in total. The Kier molecular flexibility index (Phi) is 5.79. The molecule has 3 rings (SSSR count). The van der Waals surface area contributed by atoms with Crippen LogP contribution in [-0.4, -0.2) is 33.1 Å². The largest absolute Gasteiger partial charge is 0.493 e. The fourth-order valence-electron chi connectivity index (χ4n) is 3.49. The van der Waals surface area contributed by atoms with Crippen molar-refractivity contribution in [3.63, 3.8) is 0 Å². The summed E-state index contributed by atoms with van der Waals surface area (Å²) in [6.45, 7) is 2.18. The summed E-state index contributed by atoms with van der Waals surface area (Å²) in [6, 6.07) is 3.13. The van der Waals surface area contributed by atoms with E-state index in [0.29, 0.717) is 39.3 Å². The molecule has 2 amide bonds. The minimum absolute atomic E-state index is 0.324. The number of ether oxygens (including phenoxy) is 3. The van der Waals surface area contributed by atoms with Gasteiger partial charge < -0.3 is 25.3 Å². The van der Waals surface area contributed by atoms with Gasteiger partial charge in [0.15, 0.2) is 11.5 Å². The lowest BCUT2D eigenvalue weighted by Gasteiger charge is -2.18. The van der Waals surface area contributed by atoms with Crippen LogP contribution in [0.15, 0.2) is 12.1 Å². The Morgan fingerprint density at radius 1 is 1.14 bits per heavy atom. The first-order valence-corrected chi connectivity index (χ1v) is 9.76. The standard InChI is InChI=1S/C20H24N2O5S/c1-10-5-6-12-15(7-10)28-20(16(12)18(21)23)22-19(24)11-8-13(25-2)17(27-4)14(9-11)26-3/h8-10H,5-7H2,1-4H3,(H2,21,23)(H,22,24)/t10-/m1/s1. The molecule has 0 unspecified atom stereocenters. The minimum atomic E-state index is -0.521. The molecule has 0 spiro atoms. The van der Waals surface area contributed by atoms with Crippen LogP contribution >= 0.6 is 11.3 Å². The third-order valence-corrected chi connectivity index (χ3v) is 6.08. The van der Waals surface area contributed by atoms with Gasteiger partial charge in [-0.25, -0.2) is 0 Å². The van der Waals surface area contributed by atoms with Crippen LogP contribution in [0.5, 0.6) is 17.2 Å². The van der Waals surface area contributed by atoms with Gasteiger partial charge in [0.25, 0.3) is 11.8 Å². The van der Waals surface area contributed by atoms with E-state index in [-0.39, 0.29) is 5.91 Å². The number of fused-ring (bicyclic) bond motifs is 1. The second-order valence-electron chi connectivity index (χ2n) is 6.79. The highest BCUT2D eigenvalue weighted by molar-refractivity contribution is 7.17. The van der Waals surface area contributed by atoms with Gasteiger partial charge in [0.2, 0.25) is 5.75 Å². The maximum atomic E-state index is 12.9. The highest BCUT2D eigenvalue weighted by atomic mass is 32.1. The number of methoxy groups -OCH3 is 3. The van der Waals surface area contributed by atoms with Crippen molar-refractivity contribution in [2.24, 2.45) is 11.7 Å². The smallest absolute Gasteiger partial charge is 0.256 e. The molecule has 1 heterocycles. The van der Waals surface area contributed by atoms with Crippen molar-refractivity contribution in [3.05, 3.63) is 33.7 Å². The summed E-state index contributed by atoms with van der Waals surface area (Å²) < 4.78 is 15.9. The highest BCUT2D eigenvalue weighted by Crippen LogP contribution is 2.41. The van der Waals surface area contributed by atoms with Gasteiger partial charge in [-0.05, 0) is 42.9 Å². The van der Waals surface area contributed by atoms with E-state index in [0.717, 1.165) is 29.7 Å². The molecule has 150 valence electrons. The van der Waals surface area contributed by atoms with Gasteiger partial charge in [0.1, 0.15) is 5.00 Å².